The summed E-state index contributed by atoms with van der Waals surface area (Å²) in [5, 5.41) is 5.53. The topological polar surface area (TPSA) is 109 Å². The third kappa shape index (κ3) is 5.68. The Bertz CT molecular complexity index is 1220. The molecule has 0 radical (unpaired) electrons. The van der Waals surface area contributed by atoms with Gasteiger partial charge in [0.1, 0.15) is 0 Å². The van der Waals surface area contributed by atoms with Crippen molar-refractivity contribution in [1.82, 2.24) is 9.62 Å². The molecule has 174 valence electrons. The number of hydrogen-bond donors (Lipinski definition) is 2. The Morgan fingerprint density at radius 1 is 0.970 bits per heavy atom. The third-order valence-corrected chi connectivity index (χ3v) is 7.38. The molecule has 2 amide bonds. The van der Waals surface area contributed by atoms with E-state index in [9.17, 15) is 18.0 Å². The predicted molar refractivity (Wildman–Crippen MR) is 126 cm³/mol. The molecule has 2 N–H and O–H groups in total. The van der Waals surface area contributed by atoms with E-state index in [0.29, 0.717) is 24.3 Å². The Morgan fingerprint density at radius 2 is 1.67 bits per heavy atom. The Labute approximate surface area is 193 Å². The number of furan rings is 1. The Hall–Kier alpha value is -3.43. The van der Waals surface area contributed by atoms with E-state index in [1.807, 2.05) is 0 Å². The molecule has 3 aromatic rings. The highest BCUT2D eigenvalue weighted by Gasteiger charge is 2.24. The van der Waals surface area contributed by atoms with Crippen molar-refractivity contribution in [2.24, 2.45) is 0 Å². The molecular formula is C24H27N3O5S. The summed E-state index contributed by atoms with van der Waals surface area (Å²) in [6, 6.07) is 14.9. The van der Waals surface area contributed by atoms with Gasteiger partial charge in [0, 0.05) is 30.9 Å². The maximum absolute atomic E-state index is 12.9. The molecule has 1 heterocycles. The van der Waals surface area contributed by atoms with Gasteiger partial charge in [-0.15, -0.1) is 0 Å². The van der Waals surface area contributed by atoms with Gasteiger partial charge in [0.2, 0.25) is 10.0 Å². The third-order valence-electron chi connectivity index (χ3n) is 5.18. The van der Waals surface area contributed by atoms with Gasteiger partial charge >= 0.3 is 0 Å². The van der Waals surface area contributed by atoms with E-state index in [1.165, 1.54) is 16.6 Å². The molecule has 0 fully saturated rings. The highest BCUT2D eigenvalue weighted by atomic mass is 32.2. The van der Waals surface area contributed by atoms with Gasteiger partial charge in [-0.1, -0.05) is 32.0 Å². The first-order valence-corrected chi connectivity index (χ1v) is 12.0. The second-order valence-electron chi connectivity index (χ2n) is 7.38. The SMILES string of the molecule is CCN(CC)S(=O)(=O)c1cc(C(=O)NCc2ccc(NC(=O)c3ccco3)cc2)ccc1C. The zero-order valence-corrected chi connectivity index (χ0v) is 19.6. The fourth-order valence-corrected chi connectivity index (χ4v) is 5.02. The fraction of sp³-hybridized carbons (Fsp3) is 0.250. The number of nitrogens with one attached hydrogen (secondary N) is 2. The molecule has 33 heavy (non-hydrogen) atoms. The lowest BCUT2D eigenvalue weighted by Gasteiger charge is -2.20. The van der Waals surface area contributed by atoms with Crippen LogP contribution in [0, 0.1) is 6.92 Å². The number of nitrogens with zero attached hydrogens (tertiary/aromatic N) is 1. The quantitative estimate of drug-likeness (QED) is 0.495. The normalized spacial score (nSPS) is 11.4. The van der Waals surface area contributed by atoms with Crippen molar-refractivity contribution < 1.29 is 22.4 Å². The summed E-state index contributed by atoms with van der Waals surface area (Å²) >= 11 is 0. The van der Waals surface area contributed by atoms with Gasteiger partial charge in [-0.25, -0.2) is 8.42 Å². The van der Waals surface area contributed by atoms with Crippen molar-refractivity contribution in [2.75, 3.05) is 18.4 Å². The summed E-state index contributed by atoms with van der Waals surface area (Å²) < 4.78 is 32.2. The van der Waals surface area contributed by atoms with Crippen molar-refractivity contribution >= 4 is 27.5 Å². The van der Waals surface area contributed by atoms with Gasteiger partial charge in [0.05, 0.1) is 11.2 Å². The van der Waals surface area contributed by atoms with Crippen molar-refractivity contribution in [3.63, 3.8) is 0 Å². The zero-order chi connectivity index (χ0) is 24.0. The molecule has 0 saturated carbocycles. The highest BCUT2D eigenvalue weighted by molar-refractivity contribution is 7.89. The summed E-state index contributed by atoms with van der Waals surface area (Å²) in [4.78, 5) is 24.8. The monoisotopic (exact) mass is 469 g/mol. The predicted octanol–water partition coefficient (Wildman–Crippen LogP) is 3.80. The van der Waals surface area contributed by atoms with Crippen molar-refractivity contribution in [2.45, 2.75) is 32.2 Å². The van der Waals surface area contributed by atoms with Crippen LogP contribution in [0.4, 0.5) is 5.69 Å². The lowest BCUT2D eigenvalue weighted by Crippen LogP contribution is -2.31. The summed E-state index contributed by atoms with van der Waals surface area (Å²) in [5.41, 5.74) is 2.28. The lowest BCUT2D eigenvalue weighted by atomic mass is 10.1. The number of benzene rings is 2. The van der Waals surface area contributed by atoms with E-state index in [4.69, 9.17) is 4.42 Å². The van der Waals surface area contributed by atoms with Gasteiger partial charge < -0.3 is 15.1 Å². The average molecular weight is 470 g/mol. The number of carbonyl (C=O) groups is 2. The van der Waals surface area contributed by atoms with E-state index in [2.05, 4.69) is 10.6 Å². The van der Waals surface area contributed by atoms with Crippen LogP contribution in [-0.4, -0.2) is 37.6 Å². The molecule has 0 bridgehead atoms. The molecule has 0 aliphatic carbocycles. The van der Waals surface area contributed by atoms with Crippen molar-refractivity contribution in [1.29, 1.82) is 0 Å². The number of rotatable bonds is 9. The molecule has 9 heteroatoms. The minimum Gasteiger partial charge on any atom is -0.459 e. The maximum Gasteiger partial charge on any atom is 0.291 e. The Balaban J connectivity index is 1.65. The maximum atomic E-state index is 12.9. The van der Waals surface area contributed by atoms with Crippen LogP contribution in [0.5, 0.6) is 0 Å². The minimum absolute atomic E-state index is 0.135. The summed E-state index contributed by atoms with van der Waals surface area (Å²) in [7, 11) is -3.67. The van der Waals surface area contributed by atoms with Crippen LogP contribution >= 0.6 is 0 Å². The first-order chi connectivity index (χ1) is 15.8. The summed E-state index contributed by atoms with van der Waals surface area (Å²) in [6.45, 7) is 6.22. The van der Waals surface area contributed by atoms with Gasteiger partial charge in [-0.2, -0.15) is 4.31 Å². The van der Waals surface area contributed by atoms with Crippen molar-refractivity contribution in [3.8, 4) is 0 Å². The zero-order valence-electron chi connectivity index (χ0n) is 18.8. The van der Waals surface area contributed by atoms with E-state index >= 15 is 0 Å². The molecule has 0 aliphatic heterocycles. The van der Waals surface area contributed by atoms with Crippen LogP contribution in [0.2, 0.25) is 0 Å². The van der Waals surface area contributed by atoms with E-state index in [1.54, 1.807) is 69.3 Å². The number of hydrogen-bond acceptors (Lipinski definition) is 5. The van der Waals surface area contributed by atoms with E-state index in [0.717, 1.165) is 5.56 Å². The molecule has 0 spiro atoms. The fourth-order valence-electron chi connectivity index (χ4n) is 3.31. The number of anilines is 1. The molecule has 0 saturated heterocycles. The summed E-state index contributed by atoms with van der Waals surface area (Å²) in [6.07, 6.45) is 1.43. The molecule has 1 aromatic heterocycles. The van der Waals surface area contributed by atoms with Crippen LogP contribution in [0.25, 0.3) is 0 Å². The van der Waals surface area contributed by atoms with Crippen LogP contribution in [0.3, 0.4) is 0 Å². The van der Waals surface area contributed by atoms with Gasteiger partial charge in [-0.05, 0) is 54.4 Å². The minimum atomic E-state index is -3.67. The molecule has 0 unspecified atom stereocenters. The molecular weight excluding hydrogens is 442 g/mol. The molecule has 2 aromatic carbocycles. The van der Waals surface area contributed by atoms with Crippen LogP contribution in [0.15, 0.2) is 70.2 Å². The molecule has 3 rings (SSSR count). The van der Waals surface area contributed by atoms with Crippen molar-refractivity contribution in [3.05, 3.63) is 83.3 Å². The molecule has 8 nitrogen and oxygen atoms in total. The lowest BCUT2D eigenvalue weighted by molar-refractivity contribution is 0.0949. The second kappa shape index (κ2) is 10.5. The smallest absolute Gasteiger partial charge is 0.291 e. The highest BCUT2D eigenvalue weighted by Crippen LogP contribution is 2.21. The van der Waals surface area contributed by atoms with Crippen LogP contribution in [-0.2, 0) is 16.6 Å². The van der Waals surface area contributed by atoms with E-state index in [-0.39, 0.29) is 34.6 Å². The van der Waals surface area contributed by atoms with Gasteiger partial charge in [0.25, 0.3) is 11.8 Å². The average Bonchev–Trinajstić information content (AvgIpc) is 3.34. The number of carbonyl (C=O) groups excluding carboxylic acids is 2. The first kappa shape index (κ1) is 24.2. The first-order valence-electron chi connectivity index (χ1n) is 10.6. The molecule has 0 atom stereocenters. The van der Waals surface area contributed by atoms with E-state index < -0.39 is 10.0 Å². The number of sulfonamides is 1. The number of aryl methyl sites for hydroxylation is 1. The standard InChI is InChI=1S/C24H27N3O5S/c1-4-27(5-2)33(30,31)22-15-19(11-8-17(22)3)23(28)25-16-18-9-12-20(13-10-18)26-24(29)21-7-6-14-32-21/h6-15H,4-5,16H2,1-3H3,(H,25,28)(H,26,29). The van der Waals surface area contributed by atoms with Gasteiger partial charge in [0.15, 0.2) is 5.76 Å². The van der Waals surface area contributed by atoms with Gasteiger partial charge in [-0.3, -0.25) is 9.59 Å². The Kier molecular flexibility index (Phi) is 7.67. The summed E-state index contributed by atoms with van der Waals surface area (Å²) in [5.74, 6) is -0.510. The largest absolute Gasteiger partial charge is 0.459 e. The second-order valence-corrected chi connectivity index (χ2v) is 9.29. The molecule has 0 aliphatic rings. The van der Waals surface area contributed by atoms with Crippen LogP contribution < -0.4 is 10.6 Å². The Morgan fingerprint density at radius 3 is 2.27 bits per heavy atom. The number of amides is 2. The van der Waals surface area contributed by atoms with Crippen LogP contribution in [0.1, 0.15) is 45.9 Å².